The molecule has 0 N–H and O–H groups in total. The Balaban J connectivity index is 2.70. The van der Waals surface area contributed by atoms with E-state index in [-0.39, 0.29) is 17.6 Å². The predicted octanol–water partition coefficient (Wildman–Crippen LogP) is 3.14. The molecule has 70 valence electrons. The van der Waals surface area contributed by atoms with Crippen molar-refractivity contribution >= 4 is 41.1 Å². The summed E-state index contributed by atoms with van der Waals surface area (Å²) in [7, 11) is -0.246. The maximum absolute atomic E-state index is 2.49. The zero-order chi connectivity index (χ0) is 9.19. The van der Waals surface area contributed by atoms with Crippen molar-refractivity contribution in [1.29, 1.82) is 0 Å². The molecule has 0 bridgehead atoms. The van der Waals surface area contributed by atoms with Crippen LogP contribution in [0.25, 0.3) is 0 Å². The van der Waals surface area contributed by atoms with Crippen LogP contribution in [-0.4, -0.2) is 32.4 Å². The molecule has 0 unspecified atom stereocenters. The van der Waals surface area contributed by atoms with E-state index >= 15 is 0 Å². The highest BCUT2D eigenvalue weighted by molar-refractivity contribution is 8.23. The van der Waals surface area contributed by atoms with E-state index in [4.69, 9.17) is 0 Å². The highest BCUT2D eigenvalue weighted by Gasteiger charge is 2.41. The van der Waals surface area contributed by atoms with Gasteiger partial charge in [0.05, 0.1) is 17.6 Å². The van der Waals surface area contributed by atoms with Crippen LogP contribution in [-0.2, 0) is 0 Å². The van der Waals surface area contributed by atoms with Crippen molar-refractivity contribution in [3.63, 3.8) is 0 Å². The largest absolute Gasteiger partial charge is 0.152 e. The first kappa shape index (κ1) is 11.2. The second-order valence-corrected chi connectivity index (χ2v) is 14.0. The Kier molecular flexibility index (Phi) is 4.27. The second kappa shape index (κ2) is 4.57. The van der Waals surface area contributed by atoms with Crippen LogP contribution in [0.5, 0.6) is 0 Å². The first-order chi connectivity index (χ1) is 5.59. The average Bonchev–Trinajstić information content (AvgIpc) is 2.05. The number of rotatable bonds is 2. The first-order valence-corrected chi connectivity index (χ1v) is 11.5. The van der Waals surface area contributed by atoms with Gasteiger partial charge in [0.2, 0.25) is 0 Å². The van der Waals surface area contributed by atoms with Crippen LogP contribution in [0.3, 0.4) is 0 Å². The van der Waals surface area contributed by atoms with Crippen molar-refractivity contribution in [2.75, 3.05) is 11.5 Å². The summed E-state index contributed by atoms with van der Waals surface area (Å²) < 4.78 is 0.716. The molecule has 0 atom stereocenters. The molecule has 4 heteroatoms. The van der Waals surface area contributed by atoms with Crippen LogP contribution < -0.4 is 0 Å². The minimum absolute atomic E-state index is 0.123. The van der Waals surface area contributed by atoms with Crippen LogP contribution in [0.15, 0.2) is 0 Å². The van der Waals surface area contributed by atoms with E-state index in [1.807, 2.05) is 0 Å². The van der Waals surface area contributed by atoms with E-state index < -0.39 is 0 Å². The Hall–Kier alpha value is 1.13. The zero-order valence-electron chi connectivity index (χ0n) is 8.44. The summed E-state index contributed by atoms with van der Waals surface area (Å²) in [5.74, 6) is 2.83. The van der Waals surface area contributed by atoms with Crippen molar-refractivity contribution in [2.45, 2.75) is 35.9 Å². The van der Waals surface area contributed by atoms with Gasteiger partial charge in [-0.2, -0.15) is 23.5 Å². The van der Waals surface area contributed by atoms with Crippen molar-refractivity contribution in [3.05, 3.63) is 0 Å². The van der Waals surface area contributed by atoms with Gasteiger partial charge in [0.25, 0.3) is 0 Å². The highest BCUT2D eigenvalue weighted by atomic mass is 32.2. The standard InChI is InChI=1S/C8H18S2Si2/c1-11(2)8(12(3)4)9-6-5-7-10-8/h5-7H2,1-4H3. The fraction of sp³-hybridized carbons (Fsp3) is 1.00. The third-order valence-electron chi connectivity index (χ3n) is 2.22. The van der Waals surface area contributed by atoms with Gasteiger partial charge in [0.15, 0.2) is 0 Å². The van der Waals surface area contributed by atoms with Gasteiger partial charge in [-0.15, -0.1) is 0 Å². The van der Waals surface area contributed by atoms with Crippen LogP contribution in [0, 0.1) is 0 Å². The van der Waals surface area contributed by atoms with Crippen molar-refractivity contribution in [3.8, 4) is 0 Å². The Morgan fingerprint density at radius 1 is 0.917 bits per heavy atom. The molecule has 1 heterocycles. The van der Waals surface area contributed by atoms with Crippen molar-refractivity contribution in [1.82, 2.24) is 0 Å². The molecule has 1 rings (SSSR count). The summed E-state index contributed by atoms with van der Waals surface area (Å²) in [6, 6.07) is 0. The lowest BCUT2D eigenvalue weighted by molar-refractivity contribution is 1.10. The molecular formula is C8H18S2Si2. The minimum Gasteiger partial charge on any atom is -0.152 e. The summed E-state index contributed by atoms with van der Waals surface area (Å²) in [5, 5.41) is 0. The molecule has 1 aliphatic rings. The maximum Gasteiger partial charge on any atom is 0.0702 e. The summed E-state index contributed by atoms with van der Waals surface area (Å²) in [6.45, 7) is 9.97. The Bertz CT molecular complexity index is 132. The van der Waals surface area contributed by atoms with E-state index in [0.29, 0.717) is 3.33 Å². The number of thioether (sulfide) groups is 2. The molecule has 0 nitrogen and oxygen atoms in total. The number of hydrogen-bond acceptors (Lipinski definition) is 2. The summed E-state index contributed by atoms with van der Waals surface area (Å²) in [5.41, 5.74) is 0. The van der Waals surface area contributed by atoms with Gasteiger partial charge >= 0.3 is 0 Å². The van der Waals surface area contributed by atoms with Crippen LogP contribution >= 0.6 is 23.5 Å². The molecule has 0 spiro atoms. The fourth-order valence-electron chi connectivity index (χ4n) is 1.61. The second-order valence-electron chi connectivity index (χ2n) is 3.67. The lowest BCUT2D eigenvalue weighted by Crippen LogP contribution is -2.48. The molecule has 2 radical (unpaired) electrons. The maximum atomic E-state index is 2.49. The van der Waals surface area contributed by atoms with Gasteiger partial charge in [0, 0.05) is 3.33 Å². The molecule has 0 aliphatic carbocycles. The molecule has 1 fully saturated rings. The third kappa shape index (κ3) is 2.14. The minimum atomic E-state index is -0.123. The molecule has 1 aliphatic heterocycles. The van der Waals surface area contributed by atoms with E-state index in [9.17, 15) is 0 Å². The van der Waals surface area contributed by atoms with E-state index in [1.165, 1.54) is 17.9 Å². The van der Waals surface area contributed by atoms with Gasteiger partial charge in [-0.3, -0.25) is 0 Å². The molecule has 0 aromatic carbocycles. The molecule has 0 aromatic heterocycles. The van der Waals surface area contributed by atoms with E-state index in [0.717, 1.165) is 0 Å². The van der Waals surface area contributed by atoms with Gasteiger partial charge < -0.3 is 0 Å². The van der Waals surface area contributed by atoms with E-state index in [1.54, 1.807) is 0 Å². The summed E-state index contributed by atoms with van der Waals surface area (Å²) >= 11 is 4.56. The SMILES string of the molecule is C[Si](C)C1([Si](C)C)SCCCS1. The Labute approximate surface area is 88.5 Å². The fourth-order valence-corrected chi connectivity index (χ4v) is 13.6. The Morgan fingerprint density at radius 2 is 1.33 bits per heavy atom. The summed E-state index contributed by atoms with van der Waals surface area (Å²) in [6.07, 6.45) is 1.43. The predicted molar refractivity (Wildman–Crippen MR) is 67.2 cm³/mol. The van der Waals surface area contributed by atoms with Crippen molar-refractivity contribution in [2.24, 2.45) is 0 Å². The monoisotopic (exact) mass is 234 g/mol. The van der Waals surface area contributed by atoms with Crippen molar-refractivity contribution < 1.29 is 0 Å². The van der Waals surface area contributed by atoms with Gasteiger partial charge in [-0.1, -0.05) is 26.2 Å². The summed E-state index contributed by atoms with van der Waals surface area (Å²) in [4.78, 5) is 0. The van der Waals surface area contributed by atoms with Gasteiger partial charge in [0.1, 0.15) is 0 Å². The van der Waals surface area contributed by atoms with Gasteiger partial charge in [-0.05, 0) is 17.9 Å². The lowest BCUT2D eigenvalue weighted by Gasteiger charge is -2.41. The lowest BCUT2D eigenvalue weighted by atomic mass is 10.6. The van der Waals surface area contributed by atoms with Crippen LogP contribution in [0.1, 0.15) is 6.42 Å². The molecule has 0 saturated carbocycles. The zero-order valence-corrected chi connectivity index (χ0v) is 12.1. The molecular weight excluding hydrogens is 216 g/mol. The topological polar surface area (TPSA) is 0 Å². The van der Waals surface area contributed by atoms with E-state index in [2.05, 4.69) is 49.7 Å². The van der Waals surface area contributed by atoms with Crippen LogP contribution in [0.4, 0.5) is 0 Å². The molecule has 12 heavy (non-hydrogen) atoms. The first-order valence-electron chi connectivity index (χ1n) is 4.49. The number of hydrogen-bond donors (Lipinski definition) is 0. The third-order valence-corrected chi connectivity index (χ3v) is 17.0. The molecule has 0 amide bonds. The Morgan fingerprint density at radius 3 is 1.58 bits per heavy atom. The quantitative estimate of drug-likeness (QED) is 0.673. The van der Waals surface area contributed by atoms with Crippen LogP contribution in [0.2, 0.25) is 26.2 Å². The molecule has 0 aromatic rings. The average molecular weight is 235 g/mol. The smallest absolute Gasteiger partial charge is 0.0702 e. The molecule has 1 saturated heterocycles. The highest BCUT2D eigenvalue weighted by Crippen LogP contribution is 2.45. The normalized spacial score (nSPS) is 23.5. The van der Waals surface area contributed by atoms with Gasteiger partial charge in [-0.25, -0.2) is 0 Å².